The predicted molar refractivity (Wildman–Crippen MR) is 84.5 cm³/mol. The van der Waals surface area contributed by atoms with Crippen LogP contribution in [0.5, 0.6) is 5.75 Å². The van der Waals surface area contributed by atoms with Crippen molar-refractivity contribution >= 4 is 21.7 Å². The van der Waals surface area contributed by atoms with Gasteiger partial charge in [-0.2, -0.15) is 0 Å². The van der Waals surface area contributed by atoms with Crippen molar-refractivity contribution in [1.82, 2.24) is 0 Å². The van der Waals surface area contributed by atoms with E-state index in [1.807, 2.05) is 56.3 Å². The van der Waals surface area contributed by atoms with E-state index >= 15 is 0 Å². The van der Waals surface area contributed by atoms with E-state index in [0.29, 0.717) is 24.3 Å². The van der Waals surface area contributed by atoms with E-state index in [4.69, 9.17) is 4.74 Å². The number of ketones is 1. The van der Waals surface area contributed by atoms with Gasteiger partial charge in [-0.1, -0.05) is 40.2 Å². The monoisotopic (exact) mass is 332 g/mol. The van der Waals surface area contributed by atoms with Crippen molar-refractivity contribution < 1.29 is 9.53 Å². The third kappa shape index (κ3) is 3.48. The quantitative estimate of drug-likeness (QED) is 0.749. The van der Waals surface area contributed by atoms with Gasteiger partial charge in [0.2, 0.25) is 0 Å². The Bertz CT molecular complexity index is 620. The van der Waals surface area contributed by atoms with Gasteiger partial charge in [-0.05, 0) is 43.2 Å². The first-order valence-corrected chi connectivity index (χ1v) is 7.41. The normalized spacial score (nSPS) is 10.3. The van der Waals surface area contributed by atoms with Gasteiger partial charge in [0, 0.05) is 10.9 Å². The van der Waals surface area contributed by atoms with E-state index in [-0.39, 0.29) is 5.78 Å². The van der Waals surface area contributed by atoms with Gasteiger partial charge in [0.1, 0.15) is 5.75 Å². The molecule has 20 heavy (non-hydrogen) atoms. The molecule has 0 aliphatic carbocycles. The van der Waals surface area contributed by atoms with Crippen LogP contribution in [0.1, 0.15) is 28.4 Å². The maximum Gasteiger partial charge on any atom is 0.171 e. The summed E-state index contributed by atoms with van der Waals surface area (Å²) < 4.78 is 6.42. The van der Waals surface area contributed by atoms with Crippen LogP contribution in [0.2, 0.25) is 0 Å². The van der Waals surface area contributed by atoms with Gasteiger partial charge in [-0.3, -0.25) is 4.79 Å². The summed E-state index contributed by atoms with van der Waals surface area (Å²) in [6.45, 7) is 4.48. The molecule has 2 aromatic carbocycles. The largest absolute Gasteiger partial charge is 0.493 e. The average molecular weight is 333 g/mol. The maximum atomic E-state index is 12.5. The van der Waals surface area contributed by atoms with Crippen molar-refractivity contribution in [2.75, 3.05) is 6.61 Å². The molecule has 0 amide bonds. The smallest absolute Gasteiger partial charge is 0.171 e. The standard InChI is InChI=1S/C17H17BrO2/c1-3-20-17-9-8-14(18)11-15(17)16(19)10-13-7-5-4-6-12(13)2/h4-9,11H,3,10H2,1-2H3. The molecule has 0 aliphatic heterocycles. The summed E-state index contributed by atoms with van der Waals surface area (Å²) >= 11 is 3.41. The number of hydrogen-bond donors (Lipinski definition) is 0. The number of carbonyl (C=O) groups is 1. The van der Waals surface area contributed by atoms with Crippen LogP contribution in [-0.2, 0) is 6.42 Å². The van der Waals surface area contributed by atoms with E-state index in [1.54, 1.807) is 0 Å². The fourth-order valence-electron chi connectivity index (χ4n) is 2.08. The summed E-state index contributed by atoms with van der Waals surface area (Å²) in [6, 6.07) is 13.5. The molecule has 0 aliphatic rings. The van der Waals surface area contributed by atoms with Gasteiger partial charge < -0.3 is 4.74 Å². The zero-order chi connectivity index (χ0) is 14.5. The summed E-state index contributed by atoms with van der Waals surface area (Å²) in [7, 11) is 0. The van der Waals surface area contributed by atoms with E-state index in [9.17, 15) is 4.79 Å². The molecule has 0 radical (unpaired) electrons. The molecular weight excluding hydrogens is 316 g/mol. The molecule has 2 aromatic rings. The molecule has 0 aromatic heterocycles. The van der Waals surface area contributed by atoms with Crippen LogP contribution < -0.4 is 4.74 Å². The van der Waals surface area contributed by atoms with Crippen molar-refractivity contribution in [3.05, 3.63) is 63.6 Å². The fraction of sp³-hybridized carbons (Fsp3) is 0.235. The highest BCUT2D eigenvalue weighted by molar-refractivity contribution is 9.10. The minimum atomic E-state index is 0.0732. The third-order valence-electron chi connectivity index (χ3n) is 3.15. The van der Waals surface area contributed by atoms with E-state index in [2.05, 4.69) is 15.9 Å². The lowest BCUT2D eigenvalue weighted by Crippen LogP contribution is -2.08. The Morgan fingerprint density at radius 3 is 2.65 bits per heavy atom. The topological polar surface area (TPSA) is 26.3 Å². The molecule has 3 heteroatoms. The van der Waals surface area contributed by atoms with Crippen molar-refractivity contribution in [2.24, 2.45) is 0 Å². The van der Waals surface area contributed by atoms with Gasteiger partial charge in [-0.15, -0.1) is 0 Å². The summed E-state index contributed by atoms with van der Waals surface area (Å²) in [5, 5.41) is 0. The van der Waals surface area contributed by atoms with Crippen molar-refractivity contribution in [2.45, 2.75) is 20.3 Å². The highest BCUT2D eigenvalue weighted by Gasteiger charge is 2.14. The second kappa shape index (κ2) is 6.71. The third-order valence-corrected chi connectivity index (χ3v) is 3.65. The zero-order valence-corrected chi connectivity index (χ0v) is 13.2. The summed E-state index contributed by atoms with van der Waals surface area (Å²) in [5.41, 5.74) is 2.82. The molecule has 0 saturated heterocycles. The van der Waals surface area contributed by atoms with Crippen LogP contribution in [0, 0.1) is 6.92 Å². The number of benzene rings is 2. The number of aryl methyl sites for hydroxylation is 1. The first-order valence-electron chi connectivity index (χ1n) is 6.62. The second-order valence-electron chi connectivity index (χ2n) is 4.60. The molecular formula is C17H17BrO2. The molecule has 0 atom stereocenters. The van der Waals surface area contributed by atoms with E-state index < -0.39 is 0 Å². The molecule has 0 heterocycles. The Balaban J connectivity index is 2.29. The fourth-order valence-corrected chi connectivity index (χ4v) is 2.44. The number of rotatable bonds is 5. The highest BCUT2D eigenvalue weighted by atomic mass is 79.9. The molecule has 2 rings (SSSR count). The molecule has 0 spiro atoms. The van der Waals surface area contributed by atoms with Crippen molar-refractivity contribution in [3.63, 3.8) is 0 Å². The van der Waals surface area contributed by atoms with Gasteiger partial charge in [-0.25, -0.2) is 0 Å². The minimum Gasteiger partial charge on any atom is -0.493 e. The lowest BCUT2D eigenvalue weighted by Gasteiger charge is -2.11. The molecule has 0 fully saturated rings. The van der Waals surface area contributed by atoms with Crippen LogP contribution in [0.25, 0.3) is 0 Å². The Kier molecular flexibility index (Phi) is 4.96. The van der Waals surface area contributed by atoms with Crippen molar-refractivity contribution in [1.29, 1.82) is 0 Å². The highest BCUT2D eigenvalue weighted by Crippen LogP contribution is 2.25. The molecule has 104 valence electrons. The summed E-state index contributed by atoms with van der Waals surface area (Å²) in [5.74, 6) is 0.721. The van der Waals surface area contributed by atoms with Crippen LogP contribution in [0.15, 0.2) is 46.9 Å². The van der Waals surface area contributed by atoms with Gasteiger partial charge in [0.25, 0.3) is 0 Å². The van der Waals surface area contributed by atoms with Crippen LogP contribution in [0.3, 0.4) is 0 Å². The summed E-state index contributed by atoms with van der Waals surface area (Å²) in [4.78, 5) is 12.5. The molecule has 2 nitrogen and oxygen atoms in total. The Morgan fingerprint density at radius 1 is 1.20 bits per heavy atom. The lowest BCUT2D eigenvalue weighted by molar-refractivity contribution is 0.0989. The predicted octanol–water partition coefficient (Wildman–Crippen LogP) is 4.58. The molecule has 0 saturated carbocycles. The van der Waals surface area contributed by atoms with Gasteiger partial charge in [0.15, 0.2) is 5.78 Å². The van der Waals surface area contributed by atoms with Crippen LogP contribution in [0.4, 0.5) is 0 Å². The first kappa shape index (κ1) is 14.8. The molecule has 0 N–H and O–H groups in total. The Hall–Kier alpha value is -1.61. The molecule has 0 unspecified atom stereocenters. The number of halogens is 1. The first-order chi connectivity index (χ1) is 9.61. The molecule has 0 bridgehead atoms. The lowest BCUT2D eigenvalue weighted by atomic mass is 9.99. The number of ether oxygens (including phenoxy) is 1. The van der Waals surface area contributed by atoms with Crippen LogP contribution in [-0.4, -0.2) is 12.4 Å². The Morgan fingerprint density at radius 2 is 1.95 bits per heavy atom. The summed E-state index contributed by atoms with van der Waals surface area (Å²) in [6.07, 6.45) is 0.392. The maximum absolute atomic E-state index is 12.5. The average Bonchev–Trinajstić information content (AvgIpc) is 2.43. The van der Waals surface area contributed by atoms with E-state index in [0.717, 1.165) is 15.6 Å². The zero-order valence-electron chi connectivity index (χ0n) is 11.7. The number of hydrogen-bond acceptors (Lipinski definition) is 2. The Labute approximate surface area is 127 Å². The SMILES string of the molecule is CCOc1ccc(Br)cc1C(=O)Cc1ccccc1C. The number of carbonyl (C=O) groups excluding carboxylic acids is 1. The van der Waals surface area contributed by atoms with Crippen LogP contribution >= 0.6 is 15.9 Å². The van der Waals surface area contributed by atoms with E-state index in [1.165, 1.54) is 0 Å². The second-order valence-corrected chi connectivity index (χ2v) is 5.52. The minimum absolute atomic E-state index is 0.0732. The van der Waals surface area contributed by atoms with Gasteiger partial charge >= 0.3 is 0 Å². The van der Waals surface area contributed by atoms with Gasteiger partial charge in [0.05, 0.1) is 12.2 Å². The van der Waals surface area contributed by atoms with Crippen molar-refractivity contribution in [3.8, 4) is 5.75 Å². The number of Topliss-reactive ketones (excluding diaryl/α,β-unsaturated/α-hetero) is 1.